The molecule has 2 heterocycles. The molecule has 2 aliphatic heterocycles. The molecule has 0 bridgehead atoms. The highest BCUT2D eigenvalue weighted by Crippen LogP contribution is 2.53. The predicted molar refractivity (Wildman–Crippen MR) is 173 cm³/mol. The molecule has 6 rings (SSSR count). The van der Waals surface area contributed by atoms with Crippen LogP contribution in [0.4, 0.5) is 4.39 Å². The summed E-state index contributed by atoms with van der Waals surface area (Å²) >= 11 is 12.4. The zero-order chi connectivity index (χ0) is 33.9. The Balaban J connectivity index is 1.58. The lowest BCUT2D eigenvalue weighted by Crippen LogP contribution is -2.48. The van der Waals surface area contributed by atoms with Gasteiger partial charge in [-0.15, -0.1) is 0 Å². The second-order valence-electron chi connectivity index (χ2n) is 12.9. The molecule has 3 aromatic rings. The number of fused-ring (bicyclic) bond motifs is 1. The molecule has 1 aliphatic carbocycles. The molecular weight excluding hydrogens is 670 g/mol. The molecule has 3 aliphatic rings. The van der Waals surface area contributed by atoms with Crippen molar-refractivity contribution in [1.29, 1.82) is 0 Å². The Bertz CT molecular complexity index is 1860. The number of ether oxygens (including phenoxy) is 2. The van der Waals surface area contributed by atoms with E-state index in [1.54, 1.807) is 31.2 Å². The lowest BCUT2D eigenvalue weighted by molar-refractivity contribution is -0.142. The monoisotopic (exact) mass is 704 g/mol. The largest absolute Gasteiger partial charge is 0.385 e. The summed E-state index contributed by atoms with van der Waals surface area (Å²) < 4.78 is 54.8. The molecule has 9 nitrogen and oxygen atoms in total. The molecule has 47 heavy (non-hydrogen) atoms. The number of nitrogens with two attached hydrogens (primary N) is 1. The lowest BCUT2D eigenvalue weighted by Gasteiger charge is -2.41. The predicted octanol–water partition coefficient (Wildman–Crippen LogP) is 5.31. The third kappa shape index (κ3) is 5.95. The van der Waals surface area contributed by atoms with Gasteiger partial charge in [0.05, 0.1) is 40.2 Å². The van der Waals surface area contributed by atoms with Crippen LogP contribution in [0.25, 0.3) is 0 Å². The molecule has 1 unspecified atom stereocenters. The quantitative estimate of drug-likeness (QED) is 0.292. The summed E-state index contributed by atoms with van der Waals surface area (Å²) in [4.78, 5) is 28.3. The fraction of sp³-hybridized carbons (Fsp3) is 0.412. The average molecular weight is 706 g/mol. The Kier molecular flexibility index (Phi) is 8.72. The average Bonchev–Trinajstić information content (AvgIpc) is 3.79. The van der Waals surface area contributed by atoms with Gasteiger partial charge in [0.15, 0.2) is 15.6 Å². The second kappa shape index (κ2) is 12.1. The van der Waals surface area contributed by atoms with E-state index in [4.69, 9.17) is 38.4 Å². The topological polar surface area (TPSA) is 136 Å². The molecule has 1 saturated heterocycles. The van der Waals surface area contributed by atoms with Crippen molar-refractivity contribution >= 4 is 44.9 Å². The van der Waals surface area contributed by atoms with Crippen molar-refractivity contribution in [2.24, 2.45) is 17.1 Å². The highest BCUT2D eigenvalue weighted by Gasteiger charge is 2.58. The SMILES string of the molecule is CC(O)(c1cc(F)c2c(c1)C(=O)N(Cc1ccc(Cl)cc1S(C)(=O)=O)[C@@]2(OCC1(C(N)=O)CC1)c1ccc(Cl)cc1)C1CCOCC1. The molecule has 13 heteroatoms. The van der Waals surface area contributed by atoms with Crippen molar-refractivity contribution in [2.75, 3.05) is 26.1 Å². The van der Waals surface area contributed by atoms with Gasteiger partial charge in [0.2, 0.25) is 5.91 Å². The molecule has 0 spiro atoms. The third-order valence-electron chi connectivity index (χ3n) is 9.81. The normalized spacial score (nSPS) is 22.2. The van der Waals surface area contributed by atoms with E-state index in [2.05, 4.69) is 0 Å². The molecule has 2 amide bonds. The minimum absolute atomic E-state index is 0.0684. The minimum atomic E-state index is -3.83. The first-order valence-electron chi connectivity index (χ1n) is 15.3. The molecule has 1 saturated carbocycles. The van der Waals surface area contributed by atoms with Crippen LogP contribution in [0.2, 0.25) is 10.0 Å². The number of hydrogen-bond donors (Lipinski definition) is 2. The fourth-order valence-electron chi connectivity index (χ4n) is 6.75. The Morgan fingerprint density at radius 2 is 1.74 bits per heavy atom. The molecule has 2 fully saturated rings. The van der Waals surface area contributed by atoms with Crippen LogP contribution >= 0.6 is 23.2 Å². The van der Waals surface area contributed by atoms with Gasteiger partial charge in [0.1, 0.15) is 5.82 Å². The van der Waals surface area contributed by atoms with Crippen LogP contribution in [0.3, 0.4) is 0 Å². The van der Waals surface area contributed by atoms with Gasteiger partial charge in [0, 0.05) is 35.1 Å². The highest BCUT2D eigenvalue weighted by atomic mass is 35.5. The van der Waals surface area contributed by atoms with Gasteiger partial charge >= 0.3 is 0 Å². The van der Waals surface area contributed by atoms with E-state index in [-0.39, 0.29) is 51.2 Å². The van der Waals surface area contributed by atoms with Crippen molar-refractivity contribution in [2.45, 2.75) is 55.4 Å². The first-order valence-corrected chi connectivity index (χ1v) is 17.9. The van der Waals surface area contributed by atoms with Gasteiger partial charge in [-0.05, 0) is 86.1 Å². The number of benzene rings is 3. The van der Waals surface area contributed by atoms with Crippen molar-refractivity contribution in [1.82, 2.24) is 4.90 Å². The van der Waals surface area contributed by atoms with Crippen LogP contribution < -0.4 is 5.73 Å². The van der Waals surface area contributed by atoms with E-state index in [9.17, 15) is 23.1 Å². The molecular formula is C34H35Cl2FN2O7S. The second-order valence-corrected chi connectivity index (χ2v) is 15.8. The Morgan fingerprint density at radius 1 is 1.11 bits per heavy atom. The standard InChI is InChI=1S/C34H35Cl2FN2O7S/c1-32(42,21-9-13-45-14-10-21)23-15-26-29(27(37)16-23)34(22-4-7-24(35)8-5-22,46-19-33(11-12-33)31(38)41)39(30(26)40)18-20-3-6-25(36)17-28(20)47(2,43)44/h3-8,15-17,21,42H,9-14,18-19H2,1-2H3,(H2,38,41)/t32?,34-/m1/s1. The zero-order valence-electron chi connectivity index (χ0n) is 25.9. The van der Waals surface area contributed by atoms with Crippen LogP contribution in [0, 0.1) is 17.2 Å². The van der Waals surface area contributed by atoms with E-state index in [1.807, 2.05) is 0 Å². The molecule has 250 valence electrons. The number of rotatable bonds is 10. The summed E-state index contributed by atoms with van der Waals surface area (Å²) in [6.45, 7) is 1.90. The summed E-state index contributed by atoms with van der Waals surface area (Å²) in [6, 6.07) is 13.3. The van der Waals surface area contributed by atoms with Crippen molar-refractivity contribution in [3.63, 3.8) is 0 Å². The van der Waals surface area contributed by atoms with Crippen LogP contribution in [-0.4, -0.2) is 56.3 Å². The number of sulfone groups is 1. The summed E-state index contributed by atoms with van der Waals surface area (Å²) in [5, 5.41) is 12.3. The number of carbonyl (C=O) groups excluding carboxylic acids is 2. The van der Waals surface area contributed by atoms with Crippen molar-refractivity contribution in [3.8, 4) is 0 Å². The van der Waals surface area contributed by atoms with E-state index >= 15 is 4.39 Å². The first-order chi connectivity index (χ1) is 22.1. The number of carbonyl (C=O) groups is 2. The van der Waals surface area contributed by atoms with Crippen LogP contribution in [0.15, 0.2) is 59.5 Å². The van der Waals surface area contributed by atoms with Gasteiger partial charge in [-0.2, -0.15) is 0 Å². The fourth-order valence-corrected chi connectivity index (χ4v) is 8.07. The van der Waals surface area contributed by atoms with Crippen LogP contribution in [-0.2, 0) is 42.0 Å². The molecule has 0 radical (unpaired) electrons. The Labute approximate surface area is 282 Å². The van der Waals surface area contributed by atoms with Gasteiger partial charge in [-0.25, -0.2) is 12.8 Å². The smallest absolute Gasteiger partial charge is 0.257 e. The van der Waals surface area contributed by atoms with E-state index in [0.717, 1.165) is 6.26 Å². The molecule has 2 atom stereocenters. The number of amides is 2. The molecule has 3 aromatic carbocycles. The Hall–Kier alpha value is -3.06. The third-order valence-corrected chi connectivity index (χ3v) is 11.5. The zero-order valence-corrected chi connectivity index (χ0v) is 28.2. The summed E-state index contributed by atoms with van der Waals surface area (Å²) in [7, 11) is -3.83. The minimum Gasteiger partial charge on any atom is -0.385 e. The number of hydrogen-bond acceptors (Lipinski definition) is 7. The van der Waals surface area contributed by atoms with Crippen molar-refractivity contribution < 1.29 is 37.0 Å². The van der Waals surface area contributed by atoms with Crippen molar-refractivity contribution in [3.05, 3.63) is 98.3 Å². The molecule has 0 aromatic heterocycles. The van der Waals surface area contributed by atoms with E-state index in [1.165, 1.54) is 35.2 Å². The number of aliphatic hydroxyl groups is 1. The maximum Gasteiger partial charge on any atom is 0.257 e. The lowest BCUT2D eigenvalue weighted by atomic mass is 9.77. The number of nitrogens with zero attached hydrogens (tertiary/aromatic N) is 1. The highest BCUT2D eigenvalue weighted by molar-refractivity contribution is 7.90. The summed E-state index contributed by atoms with van der Waals surface area (Å²) in [6.07, 6.45) is 3.02. The van der Waals surface area contributed by atoms with Gasteiger partial charge in [-0.1, -0.05) is 41.4 Å². The molecule has 3 N–H and O–H groups in total. The summed E-state index contributed by atoms with van der Waals surface area (Å²) in [5.41, 5.74) is 1.78. The summed E-state index contributed by atoms with van der Waals surface area (Å²) in [5.74, 6) is -2.33. The number of primary amides is 1. The van der Waals surface area contributed by atoms with Gasteiger partial charge < -0.3 is 20.3 Å². The first kappa shape index (κ1) is 33.8. The van der Waals surface area contributed by atoms with Crippen LogP contribution in [0.5, 0.6) is 0 Å². The van der Waals surface area contributed by atoms with E-state index in [0.29, 0.717) is 49.5 Å². The Morgan fingerprint density at radius 3 is 2.34 bits per heavy atom. The van der Waals surface area contributed by atoms with Crippen LogP contribution in [0.1, 0.15) is 65.2 Å². The van der Waals surface area contributed by atoms with Gasteiger partial charge in [-0.3, -0.25) is 14.5 Å². The maximum absolute atomic E-state index is 16.9. The van der Waals surface area contributed by atoms with E-state index < -0.39 is 44.2 Å². The number of halogens is 3. The maximum atomic E-state index is 16.9. The van der Waals surface area contributed by atoms with Gasteiger partial charge in [0.25, 0.3) is 5.91 Å².